The molecule has 1 aliphatic rings. The molecule has 0 N–H and O–H groups in total. The molecule has 1 fully saturated rings. The second-order valence-corrected chi connectivity index (χ2v) is 3.33. The highest BCUT2D eigenvalue weighted by molar-refractivity contribution is 5.35. The van der Waals surface area contributed by atoms with E-state index in [0.717, 1.165) is 23.7 Å². The van der Waals surface area contributed by atoms with Gasteiger partial charge in [-0.25, -0.2) is 0 Å². The standard InChI is InChI=1S/C7H6F3N3O2/c8-7(9,10)6-5(13(14)15)3-12(11-6)4-1-2-4/h3-4H,1-2H2. The summed E-state index contributed by atoms with van der Waals surface area (Å²) < 4.78 is 38.0. The molecule has 0 saturated heterocycles. The number of hydrogen-bond acceptors (Lipinski definition) is 3. The molecule has 82 valence electrons. The van der Waals surface area contributed by atoms with Crippen LogP contribution in [0.25, 0.3) is 0 Å². The molecule has 0 spiro atoms. The number of rotatable bonds is 2. The highest BCUT2D eigenvalue weighted by Crippen LogP contribution is 2.39. The zero-order valence-corrected chi connectivity index (χ0v) is 7.36. The van der Waals surface area contributed by atoms with E-state index in [4.69, 9.17) is 0 Å². The van der Waals surface area contributed by atoms with Gasteiger partial charge in [0.1, 0.15) is 6.20 Å². The quantitative estimate of drug-likeness (QED) is 0.567. The predicted molar refractivity (Wildman–Crippen MR) is 42.2 cm³/mol. The molecule has 0 aliphatic heterocycles. The van der Waals surface area contributed by atoms with Gasteiger partial charge in [0.25, 0.3) is 0 Å². The van der Waals surface area contributed by atoms with Gasteiger partial charge in [-0.15, -0.1) is 0 Å². The molecule has 1 heterocycles. The van der Waals surface area contributed by atoms with Crippen LogP contribution in [0.1, 0.15) is 24.6 Å². The molecule has 2 rings (SSSR count). The van der Waals surface area contributed by atoms with Gasteiger partial charge in [-0.05, 0) is 12.8 Å². The molecule has 15 heavy (non-hydrogen) atoms. The molecule has 0 radical (unpaired) electrons. The maximum Gasteiger partial charge on any atom is 0.442 e. The Balaban J connectivity index is 2.46. The van der Waals surface area contributed by atoms with Gasteiger partial charge in [-0.3, -0.25) is 14.8 Å². The van der Waals surface area contributed by atoms with Crippen LogP contribution >= 0.6 is 0 Å². The van der Waals surface area contributed by atoms with Gasteiger partial charge in [0, 0.05) is 0 Å². The van der Waals surface area contributed by atoms with E-state index in [2.05, 4.69) is 5.10 Å². The minimum Gasteiger partial charge on any atom is -0.262 e. The summed E-state index contributed by atoms with van der Waals surface area (Å²) in [6.07, 6.45) is -2.49. The zero-order chi connectivity index (χ0) is 11.2. The van der Waals surface area contributed by atoms with Crippen molar-refractivity contribution in [2.24, 2.45) is 0 Å². The van der Waals surface area contributed by atoms with E-state index in [1.807, 2.05) is 0 Å². The van der Waals surface area contributed by atoms with Crippen molar-refractivity contribution in [3.8, 4) is 0 Å². The van der Waals surface area contributed by atoms with Crippen LogP contribution in [0.2, 0.25) is 0 Å². The minimum atomic E-state index is -4.78. The van der Waals surface area contributed by atoms with Crippen LogP contribution < -0.4 is 0 Å². The molecule has 0 unspecified atom stereocenters. The monoisotopic (exact) mass is 221 g/mol. The van der Waals surface area contributed by atoms with Crippen molar-refractivity contribution in [1.82, 2.24) is 9.78 Å². The number of hydrogen-bond donors (Lipinski definition) is 0. The van der Waals surface area contributed by atoms with Gasteiger partial charge in [-0.2, -0.15) is 18.3 Å². The summed E-state index contributed by atoms with van der Waals surface area (Å²) >= 11 is 0. The fourth-order valence-corrected chi connectivity index (χ4v) is 1.24. The van der Waals surface area contributed by atoms with E-state index in [0.29, 0.717) is 0 Å². The summed E-state index contributed by atoms with van der Waals surface area (Å²) in [5.41, 5.74) is -2.39. The van der Waals surface area contributed by atoms with E-state index in [1.165, 1.54) is 0 Å². The molecule has 0 amide bonds. The first-order chi connectivity index (χ1) is 6.89. The van der Waals surface area contributed by atoms with Gasteiger partial charge in [0.2, 0.25) is 5.69 Å². The maximum absolute atomic E-state index is 12.3. The largest absolute Gasteiger partial charge is 0.442 e. The van der Waals surface area contributed by atoms with E-state index in [-0.39, 0.29) is 6.04 Å². The lowest BCUT2D eigenvalue weighted by molar-refractivity contribution is -0.388. The zero-order valence-electron chi connectivity index (χ0n) is 7.36. The third-order valence-corrected chi connectivity index (χ3v) is 2.10. The van der Waals surface area contributed by atoms with Crippen LogP contribution in [-0.2, 0) is 6.18 Å². The van der Waals surface area contributed by atoms with E-state index in [9.17, 15) is 23.3 Å². The van der Waals surface area contributed by atoms with Crippen LogP contribution in [0.3, 0.4) is 0 Å². The molecule has 1 aromatic heterocycles. The molecule has 1 aliphatic carbocycles. The highest BCUT2D eigenvalue weighted by atomic mass is 19.4. The van der Waals surface area contributed by atoms with Crippen molar-refractivity contribution in [2.75, 3.05) is 0 Å². The highest BCUT2D eigenvalue weighted by Gasteiger charge is 2.43. The van der Waals surface area contributed by atoms with Crippen molar-refractivity contribution in [2.45, 2.75) is 25.1 Å². The van der Waals surface area contributed by atoms with Crippen LogP contribution in [-0.4, -0.2) is 14.7 Å². The third kappa shape index (κ3) is 1.79. The molecule has 8 heteroatoms. The first kappa shape index (κ1) is 9.94. The maximum atomic E-state index is 12.3. The number of nitro groups is 1. The summed E-state index contributed by atoms with van der Waals surface area (Å²) in [6, 6.07) is -0.111. The summed E-state index contributed by atoms with van der Waals surface area (Å²) in [4.78, 5) is 9.32. The molecule has 0 atom stereocenters. The van der Waals surface area contributed by atoms with Gasteiger partial charge in [0.05, 0.1) is 11.0 Å². The number of alkyl halides is 3. The topological polar surface area (TPSA) is 61.0 Å². The normalized spacial score (nSPS) is 16.7. The van der Waals surface area contributed by atoms with Crippen molar-refractivity contribution in [3.63, 3.8) is 0 Å². The number of aromatic nitrogens is 2. The fourth-order valence-electron chi connectivity index (χ4n) is 1.24. The Bertz CT molecular complexity index is 408. The van der Waals surface area contributed by atoms with E-state index in [1.54, 1.807) is 0 Å². The Morgan fingerprint density at radius 1 is 1.53 bits per heavy atom. The first-order valence-corrected chi connectivity index (χ1v) is 4.20. The lowest BCUT2D eigenvalue weighted by Gasteiger charge is -2.00. The van der Waals surface area contributed by atoms with Gasteiger partial charge in [-0.1, -0.05) is 0 Å². The van der Waals surface area contributed by atoms with Crippen molar-refractivity contribution in [1.29, 1.82) is 0 Å². The minimum absolute atomic E-state index is 0.111. The summed E-state index contributed by atoms with van der Waals surface area (Å²) in [5.74, 6) is 0. The fraction of sp³-hybridized carbons (Fsp3) is 0.571. The molecule has 1 aromatic rings. The predicted octanol–water partition coefficient (Wildman–Crippen LogP) is 2.15. The second-order valence-electron chi connectivity index (χ2n) is 3.33. The van der Waals surface area contributed by atoms with Gasteiger partial charge in [0.15, 0.2) is 0 Å². The molecular weight excluding hydrogens is 215 g/mol. The van der Waals surface area contributed by atoms with Crippen LogP contribution in [0.15, 0.2) is 6.20 Å². The number of halogens is 3. The van der Waals surface area contributed by atoms with Crippen LogP contribution in [0.5, 0.6) is 0 Å². The van der Waals surface area contributed by atoms with Crippen molar-refractivity contribution < 1.29 is 18.1 Å². The van der Waals surface area contributed by atoms with Gasteiger partial charge < -0.3 is 0 Å². The Kier molecular flexibility index (Phi) is 1.95. The van der Waals surface area contributed by atoms with Crippen LogP contribution in [0, 0.1) is 10.1 Å². The molecule has 1 saturated carbocycles. The molecular formula is C7H6F3N3O2. The SMILES string of the molecule is O=[N+]([O-])c1cn(C2CC2)nc1C(F)(F)F. The Morgan fingerprint density at radius 3 is 2.47 bits per heavy atom. The molecule has 0 aromatic carbocycles. The Hall–Kier alpha value is -1.60. The third-order valence-electron chi connectivity index (χ3n) is 2.10. The van der Waals surface area contributed by atoms with E-state index >= 15 is 0 Å². The van der Waals surface area contributed by atoms with Crippen molar-refractivity contribution in [3.05, 3.63) is 22.0 Å². The smallest absolute Gasteiger partial charge is 0.262 e. The summed E-state index contributed by atoms with van der Waals surface area (Å²) in [5, 5.41) is 13.6. The molecule has 0 bridgehead atoms. The Labute approximate surface area is 81.6 Å². The Morgan fingerprint density at radius 2 is 2.13 bits per heavy atom. The average molecular weight is 221 g/mol. The first-order valence-electron chi connectivity index (χ1n) is 4.20. The lowest BCUT2D eigenvalue weighted by Crippen LogP contribution is -2.09. The molecule has 5 nitrogen and oxygen atoms in total. The van der Waals surface area contributed by atoms with Crippen molar-refractivity contribution >= 4 is 5.69 Å². The van der Waals surface area contributed by atoms with Crippen LogP contribution in [0.4, 0.5) is 18.9 Å². The van der Waals surface area contributed by atoms with Gasteiger partial charge >= 0.3 is 11.9 Å². The lowest BCUT2D eigenvalue weighted by atomic mass is 10.4. The van der Waals surface area contributed by atoms with E-state index < -0.39 is 22.5 Å². The summed E-state index contributed by atoms with van der Waals surface area (Å²) in [7, 11) is 0. The number of nitrogens with zero attached hydrogens (tertiary/aromatic N) is 3. The summed E-state index contributed by atoms with van der Waals surface area (Å²) in [6.45, 7) is 0. The average Bonchev–Trinajstić information content (AvgIpc) is 2.81. The second kappa shape index (κ2) is 2.94.